The SMILES string of the molecule is O=C(Nc1ccc(S(=O)(=O)NCC(F)(F)F)cc1)c1ccc(C2SCCCS2)cc1. The molecule has 0 unspecified atom stereocenters. The molecule has 162 valence electrons. The van der Waals surface area contributed by atoms with Gasteiger partial charge in [-0.2, -0.15) is 13.2 Å². The van der Waals surface area contributed by atoms with Crippen molar-refractivity contribution in [3.63, 3.8) is 0 Å². The third-order valence-corrected chi connectivity index (χ3v) is 8.59. The minimum atomic E-state index is -4.65. The highest BCUT2D eigenvalue weighted by molar-refractivity contribution is 8.16. The number of carbonyl (C=O) groups is 1. The fraction of sp³-hybridized carbons (Fsp3) is 0.316. The van der Waals surface area contributed by atoms with E-state index in [-0.39, 0.29) is 10.8 Å². The Morgan fingerprint density at radius 2 is 1.60 bits per heavy atom. The highest BCUT2D eigenvalue weighted by Crippen LogP contribution is 2.43. The minimum Gasteiger partial charge on any atom is -0.322 e. The van der Waals surface area contributed by atoms with Crippen LogP contribution in [0.4, 0.5) is 18.9 Å². The zero-order valence-corrected chi connectivity index (χ0v) is 18.1. The number of carbonyl (C=O) groups excluding carboxylic acids is 1. The number of thioether (sulfide) groups is 2. The second-order valence-electron chi connectivity index (χ2n) is 6.47. The number of hydrogen-bond donors (Lipinski definition) is 2. The van der Waals surface area contributed by atoms with Crippen LogP contribution in [0.3, 0.4) is 0 Å². The molecule has 2 N–H and O–H groups in total. The maximum Gasteiger partial charge on any atom is 0.402 e. The number of anilines is 1. The van der Waals surface area contributed by atoms with E-state index < -0.39 is 22.7 Å². The molecular formula is C19H19F3N2O3S3. The molecule has 0 aliphatic carbocycles. The molecule has 1 aliphatic heterocycles. The Balaban J connectivity index is 1.61. The van der Waals surface area contributed by atoms with Gasteiger partial charge in [-0.05, 0) is 59.9 Å². The molecule has 1 aliphatic rings. The predicted octanol–water partition coefficient (Wildman–Crippen LogP) is 4.65. The van der Waals surface area contributed by atoms with E-state index in [0.29, 0.717) is 15.8 Å². The smallest absolute Gasteiger partial charge is 0.322 e. The lowest BCUT2D eigenvalue weighted by Crippen LogP contribution is -2.33. The van der Waals surface area contributed by atoms with Gasteiger partial charge in [0.05, 0.1) is 9.48 Å². The third kappa shape index (κ3) is 6.40. The van der Waals surface area contributed by atoms with Gasteiger partial charge in [0.2, 0.25) is 10.0 Å². The normalized spacial score (nSPS) is 15.7. The van der Waals surface area contributed by atoms with Crippen molar-refractivity contribution in [2.24, 2.45) is 0 Å². The first-order chi connectivity index (χ1) is 14.1. The number of rotatable bonds is 6. The van der Waals surface area contributed by atoms with Gasteiger partial charge >= 0.3 is 6.18 Å². The molecule has 0 radical (unpaired) electrons. The predicted molar refractivity (Wildman–Crippen MR) is 114 cm³/mol. The largest absolute Gasteiger partial charge is 0.402 e. The van der Waals surface area contributed by atoms with Crippen LogP contribution in [0.5, 0.6) is 0 Å². The molecule has 11 heteroatoms. The molecule has 1 heterocycles. The van der Waals surface area contributed by atoms with Crippen molar-refractivity contribution in [1.29, 1.82) is 0 Å². The van der Waals surface area contributed by atoms with Crippen LogP contribution in [0, 0.1) is 0 Å². The number of nitrogens with one attached hydrogen (secondary N) is 2. The Hall–Kier alpha value is -1.69. The van der Waals surface area contributed by atoms with Crippen molar-refractivity contribution < 1.29 is 26.4 Å². The molecule has 2 aromatic carbocycles. The first-order valence-corrected chi connectivity index (χ1v) is 12.5. The van der Waals surface area contributed by atoms with Gasteiger partial charge in [-0.3, -0.25) is 4.79 Å². The van der Waals surface area contributed by atoms with E-state index in [2.05, 4.69) is 5.32 Å². The van der Waals surface area contributed by atoms with Gasteiger partial charge in [-0.15, -0.1) is 23.5 Å². The Labute approximate surface area is 181 Å². The van der Waals surface area contributed by atoms with Gasteiger partial charge in [-0.1, -0.05) is 12.1 Å². The van der Waals surface area contributed by atoms with Crippen LogP contribution < -0.4 is 10.0 Å². The molecule has 2 aromatic rings. The monoisotopic (exact) mass is 476 g/mol. The van der Waals surface area contributed by atoms with Crippen LogP contribution in [0.25, 0.3) is 0 Å². The molecule has 3 rings (SSSR count). The van der Waals surface area contributed by atoms with Gasteiger partial charge in [0.25, 0.3) is 5.91 Å². The van der Waals surface area contributed by atoms with E-state index in [0.717, 1.165) is 29.2 Å². The Morgan fingerprint density at radius 1 is 1.00 bits per heavy atom. The maximum atomic E-state index is 12.4. The van der Waals surface area contributed by atoms with E-state index in [1.807, 2.05) is 35.7 Å². The van der Waals surface area contributed by atoms with Crippen LogP contribution >= 0.6 is 23.5 Å². The molecule has 0 aromatic heterocycles. The van der Waals surface area contributed by atoms with Crippen molar-refractivity contribution in [2.45, 2.75) is 22.1 Å². The summed E-state index contributed by atoms with van der Waals surface area (Å²) in [5, 5.41) is 2.65. The summed E-state index contributed by atoms with van der Waals surface area (Å²) in [5.74, 6) is 1.88. The average Bonchev–Trinajstić information content (AvgIpc) is 2.73. The number of benzene rings is 2. The average molecular weight is 477 g/mol. The Kier molecular flexibility index (Phi) is 7.38. The number of sulfonamides is 1. The van der Waals surface area contributed by atoms with E-state index >= 15 is 0 Å². The summed E-state index contributed by atoms with van der Waals surface area (Å²) in [6.07, 6.45) is -3.45. The number of hydrogen-bond acceptors (Lipinski definition) is 5. The van der Waals surface area contributed by atoms with Crippen molar-refractivity contribution in [1.82, 2.24) is 4.72 Å². The van der Waals surface area contributed by atoms with Gasteiger partial charge < -0.3 is 5.32 Å². The van der Waals surface area contributed by atoms with Crippen LogP contribution in [-0.2, 0) is 10.0 Å². The maximum absolute atomic E-state index is 12.4. The summed E-state index contributed by atoms with van der Waals surface area (Å²) in [6, 6.07) is 12.2. The van der Waals surface area contributed by atoms with Gasteiger partial charge in [0, 0.05) is 11.3 Å². The summed E-state index contributed by atoms with van der Waals surface area (Å²) < 4.78 is 62.3. The molecule has 30 heavy (non-hydrogen) atoms. The molecule has 0 spiro atoms. The lowest BCUT2D eigenvalue weighted by atomic mass is 10.1. The van der Waals surface area contributed by atoms with E-state index in [1.165, 1.54) is 23.3 Å². The third-order valence-electron chi connectivity index (χ3n) is 4.16. The van der Waals surface area contributed by atoms with Gasteiger partial charge in [0.1, 0.15) is 6.54 Å². The topological polar surface area (TPSA) is 75.3 Å². The molecule has 0 atom stereocenters. The summed E-state index contributed by atoms with van der Waals surface area (Å²) >= 11 is 3.77. The van der Waals surface area contributed by atoms with E-state index in [9.17, 15) is 26.4 Å². The fourth-order valence-electron chi connectivity index (χ4n) is 2.65. The van der Waals surface area contributed by atoms with Crippen molar-refractivity contribution in [3.05, 3.63) is 59.7 Å². The molecule has 0 bridgehead atoms. The van der Waals surface area contributed by atoms with E-state index in [4.69, 9.17) is 0 Å². The van der Waals surface area contributed by atoms with Gasteiger partial charge in [-0.25, -0.2) is 13.1 Å². The lowest BCUT2D eigenvalue weighted by molar-refractivity contribution is -0.121. The van der Waals surface area contributed by atoms with Crippen molar-refractivity contribution >= 4 is 45.1 Å². The highest BCUT2D eigenvalue weighted by Gasteiger charge is 2.30. The lowest BCUT2D eigenvalue weighted by Gasteiger charge is -2.21. The summed E-state index contributed by atoms with van der Waals surface area (Å²) in [5.41, 5.74) is 1.94. The molecule has 5 nitrogen and oxygen atoms in total. The van der Waals surface area contributed by atoms with Crippen LogP contribution in [0.2, 0.25) is 0 Å². The number of halogens is 3. The Bertz CT molecular complexity index is 973. The Morgan fingerprint density at radius 3 is 2.17 bits per heavy atom. The summed E-state index contributed by atoms with van der Waals surface area (Å²) in [7, 11) is -4.29. The van der Waals surface area contributed by atoms with Crippen LogP contribution in [0.15, 0.2) is 53.4 Å². The zero-order chi connectivity index (χ0) is 21.8. The number of amides is 1. The zero-order valence-electron chi connectivity index (χ0n) is 15.6. The van der Waals surface area contributed by atoms with Crippen LogP contribution in [-0.4, -0.2) is 38.6 Å². The highest BCUT2D eigenvalue weighted by atomic mass is 32.2. The molecular weight excluding hydrogens is 457 g/mol. The second-order valence-corrected chi connectivity index (χ2v) is 11.0. The molecule has 1 amide bonds. The molecule has 0 saturated carbocycles. The first kappa shape index (κ1) is 23.0. The second kappa shape index (κ2) is 9.63. The van der Waals surface area contributed by atoms with E-state index in [1.54, 1.807) is 12.1 Å². The summed E-state index contributed by atoms with van der Waals surface area (Å²) in [6.45, 7) is -1.65. The number of alkyl halides is 3. The quantitative estimate of drug-likeness (QED) is 0.635. The standard InChI is InChI=1S/C19H19F3N2O3S3/c20-19(21,22)12-23-30(26,27)16-8-6-15(7-9-16)24-17(25)13-2-4-14(5-3-13)18-28-10-1-11-29-18/h2-9,18,23H,1,10-12H2,(H,24,25). The molecule has 1 fully saturated rings. The first-order valence-electron chi connectivity index (χ1n) is 8.95. The van der Waals surface area contributed by atoms with Crippen LogP contribution in [0.1, 0.15) is 26.9 Å². The van der Waals surface area contributed by atoms with Gasteiger partial charge in [0.15, 0.2) is 0 Å². The summed E-state index contributed by atoms with van der Waals surface area (Å²) in [4.78, 5) is 12.1. The minimum absolute atomic E-state index is 0.323. The fourth-order valence-corrected chi connectivity index (χ4v) is 6.56. The van der Waals surface area contributed by atoms with Crippen molar-refractivity contribution in [3.8, 4) is 0 Å². The van der Waals surface area contributed by atoms with Crippen molar-refractivity contribution in [2.75, 3.05) is 23.4 Å². The molecule has 1 saturated heterocycles.